The summed E-state index contributed by atoms with van der Waals surface area (Å²) in [6, 6.07) is 3.37. The van der Waals surface area contributed by atoms with Crippen molar-refractivity contribution in [3.8, 4) is 5.75 Å². The Morgan fingerprint density at radius 2 is 1.65 bits per heavy atom. The van der Waals surface area contributed by atoms with Gasteiger partial charge in [0, 0.05) is 13.1 Å². The number of nitrogens with zero attached hydrogens (tertiary/aromatic N) is 3. The van der Waals surface area contributed by atoms with Gasteiger partial charge in [-0.1, -0.05) is 90.2 Å². The van der Waals surface area contributed by atoms with Crippen LogP contribution in [0.4, 0.5) is 0 Å². The van der Waals surface area contributed by atoms with Crippen LogP contribution >= 0.6 is 0 Å². The molecule has 1 aromatic rings. The molecule has 15 heteroatoms. The van der Waals surface area contributed by atoms with Crippen LogP contribution in [0.2, 0.25) is 0 Å². The van der Waals surface area contributed by atoms with Crippen LogP contribution in [0.3, 0.4) is 0 Å². The van der Waals surface area contributed by atoms with Crippen LogP contribution in [0, 0.1) is 5.92 Å². The number of ether oxygens (including phenoxy) is 2. The number of nitrogens with one attached hydrogen (secondary N) is 2. The molecule has 5 N–H and O–H groups in total. The van der Waals surface area contributed by atoms with Crippen molar-refractivity contribution in [1.29, 1.82) is 0 Å². The minimum Gasteiger partial charge on any atom is -0.507 e. The highest BCUT2D eigenvalue weighted by molar-refractivity contribution is 6.00. The monoisotopic (exact) mass is 773 g/mol. The maximum Gasteiger partial charge on any atom is 0.328 e. The molecule has 15 nitrogen and oxygen atoms in total. The van der Waals surface area contributed by atoms with Gasteiger partial charge in [-0.2, -0.15) is 0 Å². The van der Waals surface area contributed by atoms with Crippen LogP contribution < -0.4 is 10.6 Å². The van der Waals surface area contributed by atoms with E-state index >= 15 is 0 Å². The Bertz CT molecular complexity index is 1390. The number of hydroxylamine groups is 4. The smallest absolute Gasteiger partial charge is 0.328 e. The molecule has 308 valence electrons. The Labute approximate surface area is 325 Å². The number of phenolic OH excluding ortho intramolecular Hbond substituents is 1. The second-order valence-corrected chi connectivity index (χ2v) is 14.7. The minimum atomic E-state index is -1.15. The number of hydrogen-bond acceptors (Lipinski definition) is 11. The second kappa shape index (κ2) is 25.0. The predicted molar refractivity (Wildman–Crippen MR) is 204 cm³/mol. The maximum atomic E-state index is 13.9. The van der Waals surface area contributed by atoms with Gasteiger partial charge in [0.2, 0.25) is 24.1 Å². The van der Waals surface area contributed by atoms with Gasteiger partial charge in [-0.05, 0) is 63.5 Å². The number of hydrogen-bond donors (Lipinski definition) is 5. The third-order valence-corrected chi connectivity index (χ3v) is 10.3. The highest BCUT2D eigenvalue weighted by atomic mass is 16.5. The fourth-order valence-corrected chi connectivity index (χ4v) is 6.78. The Kier molecular flexibility index (Phi) is 20.5. The van der Waals surface area contributed by atoms with Crippen molar-refractivity contribution < 1.29 is 49.0 Å². The van der Waals surface area contributed by atoms with Gasteiger partial charge in [0.1, 0.15) is 30.5 Å². The molecule has 0 spiro atoms. The van der Waals surface area contributed by atoms with E-state index in [1.807, 2.05) is 0 Å². The zero-order valence-corrected chi connectivity index (χ0v) is 32.7. The number of carbonyl (C=O) groups is 5. The van der Waals surface area contributed by atoms with Gasteiger partial charge >= 0.3 is 5.97 Å². The van der Waals surface area contributed by atoms with Crippen LogP contribution in [-0.4, -0.2) is 106 Å². The molecular formula is C40H63N5O10. The first kappa shape index (κ1) is 45.2. The molecule has 0 radical (unpaired) electrons. The van der Waals surface area contributed by atoms with Gasteiger partial charge in [0.15, 0.2) is 6.04 Å². The molecule has 0 aliphatic carbocycles. The topological polar surface area (TPSA) is 207 Å². The zero-order valence-electron chi connectivity index (χ0n) is 32.7. The normalized spacial score (nSPS) is 18.7. The van der Waals surface area contributed by atoms with Crippen molar-refractivity contribution in [2.45, 2.75) is 154 Å². The fraction of sp³-hybridized carbons (Fsp3) is 0.700. The Morgan fingerprint density at radius 3 is 2.33 bits per heavy atom. The zero-order chi connectivity index (χ0) is 40.0. The van der Waals surface area contributed by atoms with Crippen LogP contribution in [-0.2, 0) is 33.4 Å². The summed E-state index contributed by atoms with van der Waals surface area (Å²) < 4.78 is 11.6. The van der Waals surface area contributed by atoms with Gasteiger partial charge in [-0.25, -0.2) is 19.9 Å². The lowest BCUT2D eigenvalue weighted by atomic mass is 9.96. The molecular weight excluding hydrogens is 710 g/mol. The standard InChI is InChI=1S/C40H63N5O10/c1-3-4-5-6-7-8-9-10-11-12-13-24-35(29(2)36(48)41-31-21-17-19-26-45(53)39(31)50)55-40(51)32(22-16-18-25-44(52)28-46)42-37(49)33-27-54-38(43-33)30-20-14-15-23-34(30)47/h14-15,20,23,28-29,31-33,35,47,52-53H,3-13,16-19,21-22,24-27H2,1-2H3,(H,41,48)(H,42,49)/t29?,31?,32-,33?,35?/m0/s1. The lowest BCUT2D eigenvalue weighted by molar-refractivity contribution is -0.167. The molecule has 4 amide bonds. The molecule has 2 aliphatic heterocycles. The van der Waals surface area contributed by atoms with Gasteiger partial charge in [-0.3, -0.25) is 29.6 Å². The van der Waals surface area contributed by atoms with E-state index in [9.17, 15) is 39.5 Å². The highest BCUT2D eigenvalue weighted by Gasteiger charge is 2.36. The van der Waals surface area contributed by atoms with E-state index in [1.54, 1.807) is 25.1 Å². The van der Waals surface area contributed by atoms with Gasteiger partial charge < -0.3 is 25.2 Å². The third-order valence-electron chi connectivity index (χ3n) is 10.3. The van der Waals surface area contributed by atoms with Crippen molar-refractivity contribution in [1.82, 2.24) is 20.8 Å². The molecule has 2 aliphatic rings. The van der Waals surface area contributed by atoms with Crippen molar-refractivity contribution in [3.63, 3.8) is 0 Å². The van der Waals surface area contributed by atoms with Gasteiger partial charge in [-0.15, -0.1) is 0 Å². The van der Waals surface area contributed by atoms with E-state index in [0.717, 1.165) is 25.7 Å². The molecule has 0 saturated carbocycles. The van der Waals surface area contributed by atoms with E-state index in [1.165, 1.54) is 44.6 Å². The number of amides is 4. The number of carbonyl (C=O) groups excluding carboxylic acids is 5. The summed E-state index contributed by atoms with van der Waals surface area (Å²) in [6.07, 6.45) is 14.5. The average molecular weight is 774 g/mol. The van der Waals surface area contributed by atoms with Crippen LogP contribution in [0.1, 0.15) is 135 Å². The first-order valence-electron chi connectivity index (χ1n) is 20.3. The molecule has 1 saturated heterocycles. The van der Waals surface area contributed by atoms with E-state index in [2.05, 4.69) is 22.5 Å². The van der Waals surface area contributed by atoms with E-state index in [4.69, 9.17) is 9.47 Å². The number of esters is 1. The average Bonchev–Trinajstić information content (AvgIpc) is 3.62. The Morgan fingerprint density at radius 1 is 1.00 bits per heavy atom. The predicted octanol–water partition coefficient (Wildman–Crippen LogP) is 5.18. The molecule has 2 heterocycles. The Balaban J connectivity index is 1.69. The van der Waals surface area contributed by atoms with Crippen LogP contribution in [0.15, 0.2) is 29.3 Å². The summed E-state index contributed by atoms with van der Waals surface area (Å²) in [4.78, 5) is 68.8. The first-order valence-corrected chi connectivity index (χ1v) is 20.3. The fourth-order valence-electron chi connectivity index (χ4n) is 6.78. The summed E-state index contributed by atoms with van der Waals surface area (Å²) >= 11 is 0. The highest BCUT2D eigenvalue weighted by Crippen LogP contribution is 2.23. The summed E-state index contributed by atoms with van der Waals surface area (Å²) in [5.74, 6) is -3.24. The largest absolute Gasteiger partial charge is 0.507 e. The number of phenols is 1. The molecule has 5 atom stereocenters. The maximum absolute atomic E-state index is 13.9. The number of para-hydroxylation sites is 1. The summed E-state index contributed by atoms with van der Waals surface area (Å²) in [7, 11) is 0. The molecule has 4 unspecified atom stereocenters. The van der Waals surface area contributed by atoms with Crippen LogP contribution in [0.5, 0.6) is 5.75 Å². The lowest BCUT2D eigenvalue weighted by Gasteiger charge is -2.28. The third kappa shape index (κ3) is 15.8. The molecule has 0 aromatic heterocycles. The number of unbranched alkanes of at least 4 members (excludes halogenated alkanes) is 11. The van der Waals surface area contributed by atoms with Gasteiger partial charge in [0.05, 0.1) is 11.5 Å². The quantitative estimate of drug-likeness (QED) is 0.0274. The minimum absolute atomic E-state index is 0.0216. The van der Waals surface area contributed by atoms with Crippen molar-refractivity contribution in [3.05, 3.63) is 29.8 Å². The van der Waals surface area contributed by atoms with E-state index < -0.39 is 53.8 Å². The summed E-state index contributed by atoms with van der Waals surface area (Å²) in [6.45, 7) is 3.94. The van der Waals surface area contributed by atoms with E-state index in [-0.39, 0.29) is 44.2 Å². The summed E-state index contributed by atoms with van der Waals surface area (Å²) in [5.41, 5.74) is 0.326. The Hall–Kier alpha value is -4.24. The van der Waals surface area contributed by atoms with E-state index in [0.29, 0.717) is 60.6 Å². The van der Waals surface area contributed by atoms with Crippen molar-refractivity contribution >= 4 is 36.0 Å². The first-order chi connectivity index (χ1) is 26.5. The number of rotatable bonds is 26. The number of aliphatic imine (C=N–C) groups is 1. The van der Waals surface area contributed by atoms with Crippen molar-refractivity contribution in [2.24, 2.45) is 10.9 Å². The molecule has 1 aromatic carbocycles. The molecule has 3 rings (SSSR count). The lowest BCUT2D eigenvalue weighted by Crippen LogP contribution is -2.51. The molecule has 1 fully saturated rings. The SMILES string of the molecule is CCCCCCCCCCCCCC(OC(=O)[C@H](CCCCN(O)C=O)NC(=O)C1COC(c2ccccc2O)=N1)C(C)C(=O)NC1CCCCN(O)C1=O. The number of benzene rings is 1. The van der Waals surface area contributed by atoms with Gasteiger partial charge in [0.25, 0.3) is 5.91 Å². The number of aromatic hydroxyl groups is 1. The molecule has 0 bridgehead atoms. The summed E-state index contributed by atoms with van der Waals surface area (Å²) in [5, 5.41) is 36.5. The van der Waals surface area contributed by atoms with Crippen LogP contribution in [0.25, 0.3) is 0 Å². The molecule has 55 heavy (non-hydrogen) atoms. The van der Waals surface area contributed by atoms with Crippen molar-refractivity contribution in [2.75, 3.05) is 19.7 Å². The second-order valence-electron chi connectivity index (χ2n) is 14.7.